The number of amides is 1. The summed E-state index contributed by atoms with van der Waals surface area (Å²) in [6.07, 6.45) is 4.01. The van der Waals surface area contributed by atoms with Crippen molar-refractivity contribution in [1.82, 2.24) is 19.6 Å². The van der Waals surface area contributed by atoms with Crippen molar-refractivity contribution < 1.29 is 19.1 Å². The van der Waals surface area contributed by atoms with Crippen LogP contribution in [0.2, 0.25) is 0 Å². The van der Waals surface area contributed by atoms with E-state index in [0.717, 1.165) is 22.8 Å². The molecular weight excluding hydrogens is 434 g/mol. The number of ether oxygens (including phenoxy) is 2. The van der Waals surface area contributed by atoms with E-state index in [1.165, 1.54) is 12.0 Å². The number of methoxy groups -OCH3 is 1. The Kier molecular flexibility index (Phi) is 6.29. The third kappa shape index (κ3) is 4.88. The van der Waals surface area contributed by atoms with Gasteiger partial charge in [0.25, 0.3) is 0 Å². The molecule has 1 aromatic carbocycles. The van der Waals surface area contributed by atoms with Crippen molar-refractivity contribution in [1.29, 1.82) is 0 Å². The highest BCUT2D eigenvalue weighted by Crippen LogP contribution is 2.30. The van der Waals surface area contributed by atoms with E-state index in [2.05, 4.69) is 33.1 Å². The monoisotopic (exact) mass is 467 g/mol. The number of nitrogens with zero attached hydrogens (tertiary/aromatic N) is 5. The first-order valence-electron chi connectivity index (χ1n) is 11.5. The molecule has 1 saturated heterocycles. The average Bonchev–Trinajstić information content (AvgIpc) is 3.50. The van der Waals surface area contributed by atoms with Crippen molar-refractivity contribution in [3.63, 3.8) is 0 Å². The highest BCUT2D eigenvalue weighted by atomic mass is 16.6. The Morgan fingerprint density at radius 1 is 1.09 bits per heavy atom. The summed E-state index contributed by atoms with van der Waals surface area (Å²) in [6, 6.07) is 9.58. The van der Waals surface area contributed by atoms with Gasteiger partial charge in [-0.3, -0.25) is 4.90 Å². The van der Waals surface area contributed by atoms with E-state index in [1.807, 2.05) is 63.8 Å². The van der Waals surface area contributed by atoms with Crippen molar-refractivity contribution in [3.8, 4) is 5.69 Å². The van der Waals surface area contributed by atoms with Crippen LogP contribution in [-0.4, -0.2) is 69.7 Å². The van der Waals surface area contributed by atoms with E-state index in [9.17, 15) is 9.59 Å². The normalized spacial score (nSPS) is 20.2. The van der Waals surface area contributed by atoms with E-state index < -0.39 is 23.7 Å². The molecule has 1 aromatic heterocycles. The first-order chi connectivity index (χ1) is 16.1. The Morgan fingerprint density at radius 2 is 1.82 bits per heavy atom. The number of benzene rings is 1. The number of carbonyl (C=O) groups excluding carboxylic acids is 2. The number of carbonyl (C=O) groups is 2. The minimum absolute atomic E-state index is 0.0305. The highest BCUT2D eigenvalue weighted by molar-refractivity contribution is 5.82. The SMILES string of the molecule is COC(=O)[C@H]1C[C@H](N2C=CN(c3cccc(-n4nc(C)cc4C)c3)C2)CN1C(=O)OC(C)(C)C. The molecule has 0 radical (unpaired) electrons. The molecule has 2 aliphatic heterocycles. The van der Waals surface area contributed by atoms with Gasteiger partial charge < -0.3 is 19.3 Å². The quantitative estimate of drug-likeness (QED) is 0.636. The Labute approximate surface area is 200 Å². The maximum absolute atomic E-state index is 12.8. The molecule has 0 N–H and O–H groups in total. The number of likely N-dealkylation sites (tertiary alicyclic amines) is 1. The van der Waals surface area contributed by atoms with E-state index in [0.29, 0.717) is 19.6 Å². The predicted octanol–water partition coefficient (Wildman–Crippen LogP) is 3.59. The van der Waals surface area contributed by atoms with E-state index in [4.69, 9.17) is 9.47 Å². The maximum Gasteiger partial charge on any atom is 0.411 e. The standard InChI is InChI=1S/C25H33N5O4/c1-17-12-18(2)30(26-17)20-9-7-8-19(13-20)27-10-11-28(16-27)21-14-22(23(31)33-6)29(15-21)24(32)34-25(3,4)5/h7-13,21-22H,14-16H2,1-6H3/t21-,22+/m0/s1. The largest absolute Gasteiger partial charge is 0.467 e. The lowest BCUT2D eigenvalue weighted by Crippen LogP contribution is -2.44. The van der Waals surface area contributed by atoms with Gasteiger partial charge in [0.05, 0.1) is 31.2 Å². The molecule has 0 aliphatic carbocycles. The van der Waals surface area contributed by atoms with Crippen LogP contribution in [-0.2, 0) is 14.3 Å². The van der Waals surface area contributed by atoms with Crippen LogP contribution < -0.4 is 4.90 Å². The minimum atomic E-state index is -0.665. The summed E-state index contributed by atoms with van der Waals surface area (Å²) in [4.78, 5) is 31.0. The summed E-state index contributed by atoms with van der Waals surface area (Å²) >= 11 is 0. The maximum atomic E-state index is 12.8. The molecule has 0 saturated carbocycles. The first-order valence-corrected chi connectivity index (χ1v) is 11.5. The number of anilines is 1. The molecule has 9 heteroatoms. The summed E-state index contributed by atoms with van der Waals surface area (Å²) in [5, 5.41) is 4.59. The third-order valence-corrected chi connectivity index (χ3v) is 6.02. The van der Waals surface area contributed by atoms with Gasteiger partial charge in [-0.05, 0) is 58.9 Å². The van der Waals surface area contributed by atoms with Crippen LogP contribution in [0, 0.1) is 13.8 Å². The molecule has 2 atom stereocenters. The fraction of sp³-hybridized carbons (Fsp3) is 0.480. The Morgan fingerprint density at radius 3 is 2.47 bits per heavy atom. The van der Waals surface area contributed by atoms with E-state index in [1.54, 1.807) is 0 Å². The lowest BCUT2D eigenvalue weighted by molar-refractivity contribution is -0.145. The fourth-order valence-electron chi connectivity index (χ4n) is 4.47. The predicted molar refractivity (Wildman–Crippen MR) is 129 cm³/mol. The highest BCUT2D eigenvalue weighted by Gasteiger charge is 2.44. The molecule has 4 rings (SSSR count). The zero-order valence-corrected chi connectivity index (χ0v) is 20.7. The topological polar surface area (TPSA) is 80.1 Å². The van der Waals surface area contributed by atoms with Gasteiger partial charge in [0, 0.05) is 36.7 Å². The molecule has 9 nitrogen and oxygen atoms in total. The van der Waals surface area contributed by atoms with Crippen molar-refractivity contribution in [2.45, 2.75) is 58.7 Å². The van der Waals surface area contributed by atoms with Crippen LogP contribution in [0.1, 0.15) is 38.6 Å². The second-order valence-corrected chi connectivity index (χ2v) is 9.84. The van der Waals surface area contributed by atoms with Crippen LogP contribution in [0.4, 0.5) is 10.5 Å². The molecule has 0 spiro atoms. The first kappa shape index (κ1) is 23.7. The Bertz CT molecular complexity index is 1100. The minimum Gasteiger partial charge on any atom is -0.467 e. The molecule has 2 aliphatic rings. The number of aromatic nitrogens is 2. The second-order valence-electron chi connectivity index (χ2n) is 9.84. The van der Waals surface area contributed by atoms with E-state index in [-0.39, 0.29) is 6.04 Å². The summed E-state index contributed by atoms with van der Waals surface area (Å²) in [5.74, 6) is -0.425. The van der Waals surface area contributed by atoms with Crippen molar-refractivity contribution in [2.24, 2.45) is 0 Å². The van der Waals surface area contributed by atoms with Crippen LogP contribution in [0.25, 0.3) is 5.69 Å². The lowest BCUT2D eigenvalue weighted by atomic mass is 10.1. The van der Waals surface area contributed by atoms with Crippen LogP contribution >= 0.6 is 0 Å². The summed E-state index contributed by atoms with van der Waals surface area (Å²) < 4.78 is 12.4. The van der Waals surface area contributed by atoms with Crippen molar-refractivity contribution in [3.05, 3.63) is 54.1 Å². The molecule has 182 valence electrons. The van der Waals surface area contributed by atoms with Crippen molar-refractivity contribution >= 4 is 17.7 Å². The number of hydrogen-bond donors (Lipinski definition) is 0. The van der Waals surface area contributed by atoms with Gasteiger partial charge in [-0.2, -0.15) is 5.10 Å². The van der Waals surface area contributed by atoms with Gasteiger partial charge in [0.1, 0.15) is 11.6 Å². The molecule has 1 amide bonds. The molecule has 2 aromatic rings. The van der Waals surface area contributed by atoms with E-state index >= 15 is 0 Å². The second kappa shape index (κ2) is 9.04. The molecule has 0 unspecified atom stereocenters. The van der Waals surface area contributed by atoms with Gasteiger partial charge in [0.2, 0.25) is 0 Å². The number of esters is 1. The lowest BCUT2D eigenvalue weighted by Gasteiger charge is -2.28. The van der Waals surface area contributed by atoms with Gasteiger partial charge in [-0.1, -0.05) is 6.07 Å². The number of hydrogen-bond acceptors (Lipinski definition) is 7. The smallest absolute Gasteiger partial charge is 0.411 e. The third-order valence-electron chi connectivity index (χ3n) is 6.02. The summed E-state index contributed by atoms with van der Waals surface area (Å²) in [5.41, 5.74) is 3.45. The Balaban J connectivity index is 1.48. The molecule has 3 heterocycles. The average molecular weight is 468 g/mol. The van der Waals surface area contributed by atoms with Crippen LogP contribution in [0.15, 0.2) is 42.7 Å². The van der Waals surface area contributed by atoms with Gasteiger partial charge in [-0.25, -0.2) is 14.3 Å². The van der Waals surface area contributed by atoms with Crippen LogP contribution in [0.3, 0.4) is 0 Å². The van der Waals surface area contributed by atoms with Gasteiger partial charge in [-0.15, -0.1) is 0 Å². The van der Waals surface area contributed by atoms with Gasteiger partial charge >= 0.3 is 12.1 Å². The zero-order chi connectivity index (χ0) is 24.6. The number of rotatable bonds is 4. The number of aryl methyl sites for hydroxylation is 2. The fourth-order valence-corrected chi connectivity index (χ4v) is 4.47. The zero-order valence-electron chi connectivity index (χ0n) is 20.7. The molecule has 0 bridgehead atoms. The summed E-state index contributed by atoms with van der Waals surface area (Å²) in [6.45, 7) is 10.5. The molecular formula is C25H33N5O4. The molecule has 1 fully saturated rings. The molecule has 34 heavy (non-hydrogen) atoms. The van der Waals surface area contributed by atoms with Crippen molar-refractivity contribution in [2.75, 3.05) is 25.2 Å². The van der Waals surface area contributed by atoms with Crippen LogP contribution in [0.5, 0.6) is 0 Å². The van der Waals surface area contributed by atoms with Gasteiger partial charge in [0.15, 0.2) is 0 Å². The summed E-state index contributed by atoms with van der Waals surface area (Å²) in [7, 11) is 1.34. The Hall–Kier alpha value is -3.49.